The number of aryl methyl sites for hydroxylation is 1. The van der Waals surface area contributed by atoms with E-state index in [0.29, 0.717) is 5.75 Å². The van der Waals surface area contributed by atoms with Crippen molar-refractivity contribution in [2.24, 2.45) is 0 Å². The molecule has 1 aromatic rings. The van der Waals surface area contributed by atoms with Gasteiger partial charge in [0.15, 0.2) is 6.10 Å². The maximum Gasteiger partial charge on any atom is 0.326 e. The Bertz CT molecular complexity index is 525. The summed E-state index contributed by atoms with van der Waals surface area (Å²) >= 11 is 0. The van der Waals surface area contributed by atoms with Gasteiger partial charge in [-0.05, 0) is 44.9 Å². The number of carbonyl (C=O) groups excluding carboxylic acids is 1. The Hall–Kier alpha value is -2.30. The van der Waals surface area contributed by atoms with Crippen molar-refractivity contribution in [2.75, 3.05) is 0 Å². The second-order valence-electron chi connectivity index (χ2n) is 4.78. The number of carboxylic acids is 1. The van der Waals surface area contributed by atoms with E-state index in [4.69, 9.17) is 9.84 Å². The summed E-state index contributed by atoms with van der Waals surface area (Å²) in [6, 6.07) is 6.39. The van der Waals surface area contributed by atoms with Gasteiger partial charge in [0, 0.05) is 0 Å². The van der Waals surface area contributed by atoms with Gasteiger partial charge < -0.3 is 15.2 Å². The normalized spacial score (nSPS) is 13.7. The van der Waals surface area contributed by atoms with E-state index in [1.807, 2.05) is 25.1 Å². The highest BCUT2D eigenvalue weighted by Gasteiger charge is 2.22. The van der Waals surface area contributed by atoms with Crippen molar-refractivity contribution < 1.29 is 19.4 Å². The number of carbonyl (C=O) groups is 2. The van der Waals surface area contributed by atoms with Gasteiger partial charge in [0.1, 0.15) is 11.8 Å². The molecule has 1 amide bonds. The first-order valence-electron chi connectivity index (χ1n) is 6.81. The zero-order chi connectivity index (χ0) is 15.8. The van der Waals surface area contributed by atoms with Crippen molar-refractivity contribution in [3.8, 4) is 5.75 Å². The van der Waals surface area contributed by atoms with Gasteiger partial charge >= 0.3 is 5.97 Å². The van der Waals surface area contributed by atoms with Gasteiger partial charge in [-0.1, -0.05) is 24.3 Å². The number of carboxylic acid groups (broad SMARTS) is 1. The third kappa shape index (κ3) is 5.69. The van der Waals surface area contributed by atoms with Crippen molar-refractivity contribution >= 4 is 11.9 Å². The molecule has 0 fully saturated rings. The van der Waals surface area contributed by atoms with Gasteiger partial charge in [0.05, 0.1) is 0 Å². The minimum atomic E-state index is -1.07. The van der Waals surface area contributed by atoms with Gasteiger partial charge in [-0.3, -0.25) is 4.79 Å². The largest absolute Gasteiger partial charge is 0.481 e. The highest BCUT2D eigenvalue weighted by Crippen LogP contribution is 2.14. The van der Waals surface area contributed by atoms with E-state index >= 15 is 0 Å². The summed E-state index contributed by atoms with van der Waals surface area (Å²) in [6.07, 6.45) is 2.92. The maximum absolute atomic E-state index is 12.0. The summed E-state index contributed by atoms with van der Waals surface area (Å²) < 4.78 is 5.52. The lowest BCUT2D eigenvalue weighted by atomic mass is 10.2. The van der Waals surface area contributed by atoms with E-state index in [9.17, 15) is 9.59 Å². The standard InChI is InChI=1S/C16H21NO4/c1-4-5-9-14(16(19)20)17-15(18)12(3)21-13-8-6-7-11(2)10-13/h4-8,10,12,14H,9H2,1-3H3,(H,17,18)(H,19,20)/b5-4+. The molecule has 0 aromatic heterocycles. The third-order valence-corrected chi connectivity index (χ3v) is 2.89. The molecule has 1 aromatic carbocycles. The predicted octanol–water partition coefficient (Wildman–Crippen LogP) is 2.30. The summed E-state index contributed by atoms with van der Waals surface area (Å²) in [5.41, 5.74) is 1.02. The first-order chi connectivity index (χ1) is 9.93. The molecule has 1 rings (SSSR count). The van der Waals surface area contributed by atoms with Crippen LogP contribution in [0.3, 0.4) is 0 Å². The van der Waals surface area contributed by atoms with Crippen LogP contribution in [-0.2, 0) is 9.59 Å². The number of amides is 1. The fourth-order valence-electron chi connectivity index (χ4n) is 1.73. The maximum atomic E-state index is 12.0. The Morgan fingerprint density at radius 2 is 2.14 bits per heavy atom. The lowest BCUT2D eigenvalue weighted by molar-refractivity contribution is -0.142. The molecule has 0 spiro atoms. The Morgan fingerprint density at radius 1 is 1.43 bits per heavy atom. The lowest BCUT2D eigenvalue weighted by Crippen LogP contribution is -2.46. The molecule has 0 aliphatic heterocycles. The molecule has 0 aliphatic carbocycles. The molecule has 5 heteroatoms. The molecule has 5 nitrogen and oxygen atoms in total. The van der Waals surface area contributed by atoms with Gasteiger partial charge in [0.25, 0.3) is 5.91 Å². The van der Waals surface area contributed by atoms with Crippen LogP contribution in [0.5, 0.6) is 5.75 Å². The second kappa shape index (κ2) is 8.09. The zero-order valence-corrected chi connectivity index (χ0v) is 12.5. The Morgan fingerprint density at radius 3 is 2.71 bits per heavy atom. The Kier molecular flexibility index (Phi) is 6.46. The zero-order valence-electron chi connectivity index (χ0n) is 12.5. The van der Waals surface area contributed by atoms with Crippen LogP contribution in [-0.4, -0.2) is 29.1 Å². The molecular weight excluding hydrogens is 270 g/mol. The highest BCUT2D eigenvalue weighted by molar-refractivity contribution is 5.86. The summed E-state index contributed by atoms with van der Waals surface area (Å²) in [5.74, 6) is -0.935. The number of hydrogen-bond donors (Lipinski definition) is 2. The van der Waals surface area contributed by atoms with Gasteiger partial charge in [-0.15, -0.1) is 0 Å². The summed E-state index contributed by atoms with van der Waals surface area (Å²) in [7, 11) is 0. The number of aliphatic carboxylic acids is 1. The van der Waals surface area contributed by atoms with Gasteiger partial charge in [-0.2, -0.15) is 0 Å². The Balaban J connectivity index is 2.62. The van der Waals surface area contributed by atoms with E-state index < -0.39 is 24.0 Å². The van der Waals surface area contributed by atoms with Crippen molar-refractivity contribution in [1.29, 1.82) is 0 Å². The summed E-state index contributed by atoms with van der Waals surface area (Å²) in [6.45, 7) is 5.31. The SMILES string of the molecule is C/C=C/CC(NC(=O)C(C)Oc1cccc(C)c1)C(=O)O. The number of allylic oxidation sites excluding steroid dienone is 1. The fourth-order valence-corrected chi connectivity index (χ4v) is 1.73. The molecular formula is C16H21NO4. The molecule has 0 aliphatic rings. The summed E-state index contributed by atoms with van der Waals surface area (Å²) in [5, 5.41) is 11.5. The molecule has 0 saturated heterocycles. The van der Waals surface area contributed by atoms with Crippen LogP contribution in [0.1, 0.15) is 25.8 Å². The van der Waals surface area contributed by atoms with Crippen LogP contribution >= 0.6 is 0 Å². The third-order valence-electron chi connectivity index (χ3n) is 2.89. The lowest BCUT2D eigenvalue weighted by Gasteiger charge is -2.18. The molecule has 0 radical (unpaired) electrons. The molecule has 2 atom stereocenters. The van der Waals surface area contributed by atoms with Crippen LogP contribution < -0.4 is 10.1 Å². The first kappa shape index (κ1) is 16.8. The van der Waals surface area contributed by atoms with E-state index in [1.54, 1.807) is 32.1 Å². The smallest absolute Gasteiger partial charge is 0.326 e. The average molecular weight is 291 g/mol. The topological polar surface area (TPSA) is 75.6 Å². The van der Waals surface area contributed by atoms with E-state index in [2.05, 4.69) is 5.32 Å². The van der Waals surface area contributed by atoms with Crippen LogP contribution in [0.4, 0.5) is 0 Å². The monoisotopic (exact) mass is 291 g/mol. The van der Waals surface area contributed by atoms with Crippen LogP contribution in [0.2, 0.25) is 0 Å². The quantitative estimate of drug-likeness (QED) is 0.756. The van der Waals surface area contributed by atoms with Gasteiger partial charge in [0.2, 0.25) is 0 Å². The fraction of sp³-hybridized carbons (Fsp3) is 0.375. The van der Waals surface area contributed by atoms with Crippen LogP contribution in [0.25, 0.3) is 0 Å². The molecule has 2 N–H and O–H groups in total. The summed E-state index contributed by atoms with van der Waals surface area (Å²) in [4.78, 5) is 23.1. The van der Waals surface area contributed by atoms with Crippen molar-refractivity contribution in [1.82, 2.24) is 5.32 Å². The van der Waals surface area contributed by atoms with Gasteiger partial charge in [-0.25, -0.2) is 4.79 Å². The average Bonchev–Trinajstić information content (AvgIpc) is 2.42. The first-order valence-corrected chi connectivity index (χ1v) is 6.81. The van der Waals surface area contributed by atoms with Crippen LogP contribution in [0.15, 0.2) is 36.4 Å². The molecule has 2 unspecified atom stereocenters. The minimum absolute atomic E-state index is 0.245. The number of hydrogen-bond acceptors (Lipinski definition) is 3. The minimum Gasteiger partial charge on any atom is -0.481 e. The van der Waals surface area contributed by atoms with Crippen LogP contribution in [0, 0.1) is 6.92 Å². The predicted molar refractivity (Wildman–Crippen MR) is 80.3 cm³/mol. The molecule has 114 valence electrons. The second-order valence-corrected chi connectivity index (χ2v) is 4.78. The highest BCUT2D eigenvalue weighted by atomic mass is 16.5. The molecule has 0 bridgehead atoms. The number of benzene rings is 1. The molecule has 0 heterocycles. The number of ether oxygens (including phenoxy) is 1. The molecule has 0 saturated carbocycles. The van der Waals surface area contributed by atoms with E-state index in [0.717, 1.165) is 5.56 Å². The number of rotatable bonds is 7. The van der Waals surface area contributed by atoms with E-state index in [1.165, 1.54) is 0 Å². The van der Waals surface area contributed by atoms with Crippen molar-refractivity contribution in [3.05, 3.63) is 42.0 Å². The van der Waals surface area contributed by atoms with Crippen molar-refractivity contribution in [3.63, 3.8) is 0 Å². The molecule has 21 heavy (non-hydrogen) atoms. The van der Waals surface area contributed by atoms with Crippen molar-refractivity contribution in [2.45, 2.75) is 39.3 Å². The Labute approximate surface area is 124 Å². The van der Waals surface area contributed by atoms with E-state index in [-0.39, 0.29) is 6.42 Å². The number of nitrogens with one attached hydrogen (secondary N) is 1.